The van der Waals surface area contributed by atoms with Crippen LogP contribution in [0.2, 0.25) is 0 Å². The maximum atomic E-state index is 13.1. The first kappa shape index (κ1) is 22.0. The number of para-hydroxylation sites is 1. The molecule has 1 fully saturated rings. The summed E-state index contributed by atoms with van der Waals surface area (Å²) in [5, 5.41) is 17.3. The largest absolute Gasteiger partial charge is 0.496 e. The highest BCUT2D eigenvalue weighted by Gasteiger charge is 2.32. The molecule has 0 radical (unpaired) electrons. The number of aromatic nitrogens is 2. The highest BCUT2D eigenvalue weighted by Crippen LogP contribution is 2.40. The lowest BCUT2D eigenvalue weighted by molar-refractivity contribution is 0.101. The van der Waals surface area contributed by atoms with Gasteiger partial charge < -0.3 is 19.5 Å². The summed E-state index contributed by atoms with van der Waals surface area (Å²) < 4.78 is 11.7. The SMILES string of the molecule is COc1ccc2c(c1CCCN1CCN(C(=O)O)CC1)OC(=Cc1n[nH]c3ccccc13)C2=O. The molecule has 0 unspecified atom stereocenters. The Hall–Kier alpha value is -3.85. The number of amides is 1. The van der Waals surface area contributed by atoms with Gasteiger partial charge in [-0.05, 0) is 37.6 Å². The summed E-state index contributed by atoms with van der Waals surface area (Å²) in [5.41, 5.74) is 2.94. The van der Waals surface area contributed by atoms with Crippen LogP contribution in [0.15, 0.2) is 42.2 Å². The number of nitrogens with zero attached hydrogens (tertiary/aromatic N) is 3. The average molecular weight is 463 g/mol. The Kier molecular flexibility index (Phi) is 5.93. The molecular weight excluding hydrogens is 436 g/mol. The molecule has 34 heavy (non-hydrogen) atoms. The number of carboxylic acid groups (broad SMARTS) is 1. The predicted octanol–water partition coefficient (Wildman–Crippen LogP) is 3.42. The van der Waals surface area contributed by atoms with Crippen LogP contribution in [-0.4, -0.2) is 76.8 Å². The fourth-order valence-corrected chi connectivity index (χ4v) is 4.58. The number of methoxy groups -OCH3 is 1. The minimum Gasteiger partial charge on any atom is -0.496 e. The number of benzene rings is 2. The van der Waals surface area contributed by atoms with Crippen LogP contribution < -0.4 is 9.47 Å². The zero-order chi connectivity index (χ0) is 23.7. The van der Waals surface area contributed by atoms with E-state index < -0.39 is 6.09 Å². The quantitative estimate of drug-likeness (QED) is 0.541. The Morgan fingerprint density at radius 3 is 2.76 bits per heavy atom. The number of aromatic amines is 1. The van der Waals surface area contributed by atoms with Crippen molar-refractivity contribution in [2.75, 3.05) is 39.8 Å². The second kappa shape index (κ2) is 9.18. The number of piperazine rings is 1. The molecule has 176 valence electrons. The van der Waals surface area contributed by atoms with Gasteiger partial charge >= 0.3 is 6.09 Å². The second-order valence-corrected chi connectivity index (χ2v) is 8.43. The summed E-state index contributed by atoms with van der Waals surface area (Å²) in [5.74, 6) is 1.31. The second-order valence-electron chi connectivity index (χ2n) is 8.43. The molecule has 9 heteroatoms. The molecule has 0 atom stereocenters. The van der Waals surface area contributed by atoms with Crippen LogP contribution in [0.1, 0.15) is 28.0 Å². The minimum atomic E-state index is -0.863. The van der Waals surface area contributed by atoms with Crippen LogP contribution in [0.3, 0.4) is 0 Å². The third-order valence-corrected chi connectivity index (χ3v) is 6.43. The van der Waals surface area contributed by atoms with Gasteiger partial charge in [-0.3, -0.25) is 14.8 Å². The summed E-state index contributed by atoms with van der Waals surface area (Å²) in [4.78, 5) is 27.9. The Bertz CT molecular complexity index is 1270. The lowest BCUT2D eigenvalue weighted by atomic mass is 10.0. The van der Waals surface area contributed by atoms with Crippen molar-refractivity contribution in [3.05, 3.63) is 59.0 Å². The first-order valence-corrected chi connectivity index (χ1v) is 11.3. The van der Waals surface area contributed by atoms with Gasteiger partial charge in [0, 0.05) is 43.2 Å². The lowest BCUT2D eigenvalue weighted by Gasteiger charge is -2.33. The van der Waals surface area contributed by atoms with Gasteiger partial charge in [0.15, 0.2) is 5.76 Å². The van der Waals surface area contributed by atoms with Gasteiger partial charge in [-0.25, -0.2) is 4.79 Å². The van der Waals surface area contributed by atoms with Crippen molar-refractivity contribution >= 4 is 28.9 Å². The number of hydrogen-bond donors (Lipinski definition) is 2. The van der Waals surface area contributed by atoms with Crippen molar-refractivity contribution in [1.29, 1.82) is 0 Å². The monoisotopic (exact) mass is 462 g/mol. The molecule has 2 aliphatic rings. The third-order valence-electron chi connectivity index (χ3n) is 6.43. The molecule has 0 aliphatic carbocycles. The van der Waals surface area contributed by atoms with E-state index in [-0.39, 0.29) is 11.5 Å². The van der Waals surface area contributed by atoms with E-state index in [9.17, 15) is 9.59 Å². The third kappa shape index (κ3) is 4.10. The minimum absolute atomic E-state index is 0.171. The first-order valence-electron chi connectivity index (χ1n) is 11.3. The highest BCUT2D eigenvalue weighted by atomic mass is 16.5. The molecule has 2 aliphatic heterocycles. The van der Waals surface area contributed by atoms with Crippen molar-refractivity contribution in [3.8, 4) is 11.5 Å². The number of allylic oxidation sites excluding steroid dienone is 1. The Morgan fingerprint density at radius 2 is 2.00 bits per heavy atom. The van der Waals surface area contributed by atoms with Gasteiger partial charge in [0.25, 0.3) is 0 Å². The van der Waals surface area contributed by atoms with E-state index in [1.54, 1.807) is 19.3 Å². The van der Waals surface area contributed by atoms with E-state index in [2.05, 4.69) is 15.1 Å². The van der Waals surface area contributed by atoms with Crippen LogP contribution >= 0.6 is 0 Å². The van der Waals surface area contributed by atoms with Crippen molar-refractivity contribution < 1.29 is 24.2 Å². The zero-order valence-corrected chi connectivity index (χ0v) is 18.9. The molecular formula is C25H26N4O5. The van der Waals surface area contributed by atoms with E-state index in [1.807, 2.05) is 30.3 Å². The summed E-state index contributed by atoms with van der Waals surface area (Å²) in [6.45, 7) is 3.31. The van der Waals surface area contributed by atoms with E-state index >= 15 is 0 Å². The number of rotatable bonds is 6. The van der Waals surface area contributed by atoms with Gasteiger partial charge in [0.05, 0.1) is 23.9 Å². The molecule has 2 aromatic carbocycles. The van der Waals surface area contributed by atoms with Crippen molar-refractivity contribution in [3.63, 3.8) is 0 Å². The van der Waals surface area contributed by atoms with Crippen LogP contribution in [0.25, 0.3) is 17.0 Å². The molecule has 3 heterocycles. The average Bonchev–Trinajstić information content (AvgIpc) is 3.41. The van der Waals surface area contributed by atoms with Crippen LogP contribution in [0.5, 0.6) is 11.5 Å². The van der Waals surface area contributed by atoms with E-state index in [0.29, 0.717) is 42.3 Å². The molecule has 1 saturated heterocycles. The maximum absolute atomic E-state index is 13.1. The fourth-order valence-electron chi connectivity index (χ4n) is 4.58. The molecule has 9 nitrogen and oxygen atoms in total. The van der Waals surface area contributed by atoms with Gasteiger partial charge in [0.2, 0.25) is 5.78 Å². The zero-order valence-electron chi connectivity index (χ0n) is 18.9. The number of ether oxygens (including phenoxy) is 2. The molecule has 0 bridgehead atoms. The Morgan fingerprint density at radius 1 is 1.21 bits per heavy atom. The number of ketones is 1. The standard InChI is InChI=1S/C25H26N4O5/c1-33-21-9-8-18-23(30)22(15-20-16-5-2-3-7-19(16)26-27-20)34-24(18)17(21)6-4-10-28-11-13-29(14-12-28)25(31)32/h2-3,5,7-9,15H,4,6,10-14H2,1H3,(H,26,27)(H,31,32). The molecule has 0 saturated carbocycles. The molecule has 5 rings (SSSR count). The van der Waals surface area contributed by atoms with Crippen molar-refractivity contribution in [2.24, 2.45) is 0 Å². The Balaban J connectivity index is 1.32. The van der Waals surface area contributed by atoms with Gasteiger partial charge in [0.1, 0.15) is 11.5 Å². The smallest absolute Gasteiger partial charge is 0.407 e. The highest BCUT2D eigenvalue weighted by molar-refractivity contribution is 6.15. The topological polar surface area (TPSA) is 108 Å². The maximum Gasteiger partial charge on any atom is 0.407 e. The number of hydrogen-bond acceptors (Lipinski definition) is 6. The first-order chi connectivity index (χ1) is 16.5. The normalized spacial score (nSPS) is 17.3. The van der Waals surface area contributed by atoms with E-state index in [4.69, 9.17) is 14.6 Å². The summed E-state index contributed by atoms with van der Waals surface area (Å²) in [6.07, 6.45) is 2.33. The van der Waals surface area contributed by atoms with Crippen LogP contribution in [0, 0.1) is 0 Å². The van der Waals surface area contributed by atoms with Gasteiger partial charge in [-0.2, -0.15) is 5.10 Å². The lowest BCUT2D eigenvalue weighted by Crippen LogP contribution is -2.48. The van der Waals surface area contributed by atoms with Crippen molar-refractivity contribution in [2.45, 2.75) is 12.8 Å². The number of nitrogens with one attached hydrogen (secondary N) is 1. The number of carbonyl (C=O) groups is 2. The van der Waals surface area contributed by atoms with E-state index in [0.717, 1.165) is 42.5 Å². The molecule has 2 N–H and O–H groups in total. The fraction of sp³-hybridized carbons (Fsp3) is 0.320. The summed E-state index contributed by atoms with van der Waals surface area (Å²) in [7, 11) is 1.61. The van der Waals surface area contributed by atoms with Crippen LogP contribution in [0.4, 0.5) is 4.79 Å². The summed E-state index contributed by atoms with van der Waals surface area (Å²) in [6, 6.07) is 11.3. The van der Waals surface area contributed by atoms with Gasteiger partial charge in [-0.15, -0.1) is 0 Å². The number of carbonyl (C=O) groups excluding carboxylic acids is 1. The van der Waals surface area contributed by atoms with Crippen molar-refractivity contribution in [1.82, 2.24) is 20.0 Å². The Labute approximate surface area is 196 Å². The number of fused-ring (bicyclic) bond motifs is 2. The summed E-state index contributed by atoms with van der Waals surface area (Å²) >= 11 is 0. The molecule has 1 aromatic heterocycles. The number of H-pyrrole nitrogens is 1. The number of Topliss-reactive ketones (excluding diaryl/α,β-unsaturated/α-hetero) is 1. The predicted molar refractivity (Wildman–Crippen MR) is 126 cm³/mol. The molecule has 1 amide bonds. The van der Waals surface area contributed by atoms with Crippen LogP contribution in [-0.2, 0) is 6.42 Å². The van der Waals surface area contributed by atoms with Gasteiger partial charge in [-0.1, -0.05) is 18.2 Å². The van der Waals surface area contributed by atoms with E-state index in [1.165, 1.54) is 4.90 Å². The molecule has 3 aromatic rings. The molecule has 0 spiro atoms.